The predicted octanol–water partition coefficient (Wildman–Crippen LogP) is 4.73. The number of halogens is 4. The Hall–Kier alpha value is -3.19. The highest BCUT2D eigenvalue weighted by Crippen LogP contribution is 2.39. The maximum atomic E-state index is 13.2. The smallest absolute Gasteiger partial charge is 0.435 e. The lowest BCUT2D eigenvalue weighted by atomic mass is 10.0. The molecule has 1 aromatic heterocycles. The van der Waals surface area contributed by atoms with Crippen molar-refractivity contribution in [1.29, 1.82) is 0 Å². The molecule has 2 aromatic carbocycles. The summed E-state index contributed by atoms with van der Waals surface area (Å²) in [7, 11) is 1.39. The van der Waals surface area contributed by atoms with E-state index >= 15 is 0 Å². The minimum Gasteiger partial charge on any atom is -0.506 e. The zero-order chi connectivity index (χ0) is 25.0. The molecule has 6 nitrogen and oxygen atoms in total. The van der Waals surface area contributed by atoms with Crippen LogP contribution < -0.4 is 4.74 Å². The van der Waals surface area contributed by atoms with Crippen LogP contribution in [-0.4, -0.2) is 52.6 Å². The first kappa shape index (κ1) is 24.9. The van der Waals surface area contributed by atoms with E-state index in [0.29, 0.717) is 30.5 Å². The molecule has 1 fully saturated rings. The molecule has 0 bridgehead atoms. The van der Waals surface area contributed by atoms with Gasteiger partial charge in [-0.1, -0.05) is 35.6 Å². The fourth-order valence-electron chi connectivity index (χ4n) is 3.62. The van der Waals surface area contributed by atoms with Crippen molar-refractivity contribution in [2.75, 3.05) is 32.8 Å². The molecule has 10 heteroatoms. The second-order valence-electron chi connectivity index (χ2n) is 7.98. The molecule has 1 aliphatic rings. The number of alkyl halides is 3. The Bertz CT molecular complexity index is 1240. The predicted molar refractivity (Wildman–Crippen MR) is 125 cm³/mol. The van der Waals surface area contributed by atoms with Gasteiger partial charge in [-0.3, -0.25) is 9.58 Å². The largest absolute Gasteiger partial charge is 0.506 e. The van der Waals surface area contributed by atoms with Crippen molar-refractivity contribution in [3.8, 4) is 34.6 Å². The van der Waals surface area contributed by atoms with Gasteiger partial charge in [0.25, 0.3) is 0 Å². The van der Waals surface area contributed by atoms with E-state index < -0.39 is 11.9 Å². The quantitative estimate of drug-likeness (QED) is 0.508. The Kier molecular flexibility index (Phi) is 7.55. The monoisotopic (exact) mass is 505 g/mol. The third-order valence-electron chi connectivity index (χ3n) is 5.51. The third-order valence-corrected chi connectivity index (χ3v) is 5.77. The van der Waals surface area contributed by atoms with Crippen molar-refractivity contribution >= 4 is 11.6 Å². The van der Waals surface area contributed by atoms with E-state index in [0.717, 1.165) is 29.4 Å². The normalized spacial score (nSPS) is 14.4. The maximum absolute atomic E-state index is 13.2. The first-order chi connectivity index (χ1) is 16.7. The maximum Gasteiger partial charge on any atom is 0.435 e. The highest BCUT2D eigenvalue weighted by molar-refractivity contribution is 6.30. The zero-order valence-corrected chi connectivity index (χ0v) is 19.7. The van der Waals surface area contributed by atoms with Crippen LogP contribution in [0.3, 0.4) is 0 Å². The number of aromatic hydroxyl groups is 1. The summed E-state index contributed by atoms with van der Waals surface area (Å²) in [5.74, 6) is 6.04. The molecule has 0 amide bonds. The minimum atomic E-state index is -4.60. The number of morpholine rings is 1. The molecule has 0 aliphatic carbocycles. The van der Waals surface area contributed by atoms with E-state index in [-0.39, 0.29) is 29.2 Å². The number of benzene rings is 2. The highest BCUT2D eigenvalue weighted by atomic mass is 35.5. The van der Waals surface area contributed by atoms with Crippen molar-refractivity contribution in [2.24, 2.45) is 7.05 Å². The van der Waals surface area contributed by atoms with Crippen LogP contribution in [0.1, 0.15) is 16.8 Å². The van der Waals surface area contributed by atoms with E-state index in [1.807, 2.05) is 12.1 Å². The summed E-state index contributed by atoms with van der Waals surface area (Å²) < 4.78 is 51.8. The molecule has 0 spiro atoms. The number of rotatable bonds is 5. The van der Waals surface area contributed by atoms with Crippen molar-refractivity contribution in [1.82, 2.24) is 14.7 Å². The lowest BCUT2D eigenvalue weighted by Crippen LogP contribution is -2.36. The van der Waals surface area contributed by atoms with Crippen LogP contribution in [0.15, 0.2) is 42.5 Å². The van der Waals surface area contributed by atoms with E-state index in [2.05, 4.69) is 21.8 Å². The van der Waals surface area contributed by atoms with Gasteiger partial charge in [0, 0.05) is 30.7 Å². The van der Waals surface area contributed by atoms with Crippen molar-refractivity contribution < 1.29 is 27.8 Å². The summed E-state index contributed by atoms with van der Waals surface area (Å²) in [4.78, 5) is 2.11. The molecular formula is C25H23ClF3N3O3. The molecule has 1 saturated heterocycles. The van der Waals surface area contributed by atoms with Gasteiger partial charge < -0.3 is 14.6 Å². The van der Waals surface area contributed by atoms with Crippen LogP contribution in [0.25, 0.3) is 11.3 Å². The third kappa shape index (κ3) is 6.09. The summed E-state index contributed by atoms with van der Waals surface area (Å²) in [5, 5.41) is 15.2. The second kappa shape index (κ2) is 10.6. The number of phenolic OH excluding ortho intramolecular Hbond substituents is 1. The standard InChI is InChI=1S/C25H23ClF3N3O3/c1-31-21(15-23(30-31)25(27,28)29)19-8-9-22(35-16-17-4-6-18(26)7-5-17)20(24(19)33)3-2-10-32-11-13-34-14-12-32/h4-9,15,33H,10-14,16H2,1H3. The Morgan fingerprint density at radius 2 is 1.86 bits per heavy atom. The number of hydrogen-bond donors (Lipinski definition) is 1. The van der Waals surface area contributed by atoms with Gasteiger partial charge in [-0.05, 0) is 35.9 Å². The van der Waals surface area contributed by atoms with Gasteiger partial charge in [0.2, 0.25) is 0 Å². The molecule has 0 unspecified atom stereocenters. The van der Waals surface area contributed by atoms with Crippen LogP contribution >= 0.6 is 11.6 Å². The number of aryl methyl sites for hydroxylation is 1. The average Bonchev–Trinajstić information content (AvgIpc) is 3.23. The van der Waals surface area contributed by atoms with Crippen LogP contribution in [0.2, 0.25) is 5.02 Å². The molecule has 1 aliphatic heterocycles. The summed E-state index contributed by atoms with van der Waals surface area (Å²) in [6, 6.07) is 11.1. The molecule has 2 heterocycles. The molecule has 184 valence electrons. The SMILES string of the molecule is Cn1nc(C(F)(F)F)cc1-c1ccc(OCc2ccc(Cl)cc2)c(C#CCN2CCOCC2)c1O. The van der Waals surface area contributed by atoms with Crippen LogP contribution in [0, 0.1) is 11.8 Å². The Morgan fingerprint density at radius 1 is 1.14 bits per heavy atom. The number of hydrogen-bond acceptors (Lipinski definition) is 5. The van der Waals surface area contributed by atoms with Gasteiger partial charge in [-0.25, -0.2) is 0 Å². The van der Waals surface area contributed by atoms with Crippen LogP contribution in [-0.2, 0) is 24.6 Å². The first-order valence-corrected chi connectivity index (χ1v) is 11.2. The van der Waals surface area contributed by atoms with Gasteiger partial charge in [-0.15, -0.1) is 0 Å². The zero-order valence-electron chi connectivity index (χ0n) is 18.9. The van der Waals surface area contributed by atoms with Crippen molar-refractivity contribution in [2.45, 2.75) is 12.8 Å². The number of phenols is 1. The summed E-state index contributed by atoms with van der Waals surface area (Å²) in [5.41, 5.74) is 0.281. The van der Waals surface area contributed by atoms with E-state index in [1.165, 1.54) is 13.1 Å². The second-order valence-corrected chi connectivity index (χ2v) is 8.41. The topological polar surface area (TPSA) is 59.8 Å². The van der Waals surface area contributed by atoms with Crippen molar-refractivity contribution in [3.63, 3.8) is 0 Å². The fourth-order valence-corrected chi connectivity index (χ4v) is 3.74. The lowest BCUT2D eigenvalue weighted by molar-refractivity contribution is -0.141. The minimum absolute atomic E-state index is 0.107. The summed E-state index contributed by atoms with van der Waals surface area (Å²) in [6.45, 7) is 3.39. The van der Waals surface area contributed by atoms with Gasteiger partial charge in [-0.2, -0.15) is 18.3 Å². The molecule has 1 N–H and O–H groups in total. The number of nitrogens with zero attached hydrogens (tertiary/aromatic N) is 3. The first-order valence-electron chi connectivity index (χ1n) is 10.9. The summed E-state index contributed by atoms with van der Waals surface area (Å²) >= 11 is 5.93. The van der Waals surface area contributed by atoms with Gasteiger partial charge >= 0.3 is 6.18 Å². The molecule has 0 atom stereocenters. The van der Waals surface area contributed by atoms with Gasteiger partial charge in [0.15, 0.2) is 5.69 Å². The number of ether oxygens (including phenoxy) is 2. The molecular weight excluding hydrogens is 483 g/mol. The van der Waals surface area contributed by atoms with E-state index in [4.69, 9.17) is 21.1 Å². The Balaban J connectivity index is 1.67. The molecule has 0 radical (unpaired) electrons. The molecule has 3 aromatic rings. The molecule has 0 saturated carbocycles. The van der Waals surface area contributed by atoms with Gasteiger partial charge in [0.1, 0.15) is 23.7 Å². The van der Waals surface area contributed by atoms with Crippen LogP contribution in [0.4, 0.5) is 13.2 Å². The van der Waals surface area contributed by atoms with Crippen molar-refractivity contribution in [3.05, 3.63) is 64.3 Å². The Morgan fingerprint density at radius 3 is 2.51 bits per heavy atom. The highest BCUT2D eigenvalue weighted by Gasteiger charge is 2.35. The van der Waals surface area contributed by atoms with E-state index in [1.54, 1.807) is 18.2 Å². The lowest BCUT2D eigenvalue weighted by Gasteiger charge is -2.24. The number of aromatic nitrogens is 2. The van der Waals surface area contributed by atoms with E-state index in [9.17, 15) is 18.3 Å². The Labute approximate surface area is 205 Å². The average molecular weight is 506 g/mol. The molecule has 4 rings (SSSR count). The van der Waals surface area contributed by atoms with Gasteiger partial charge in [0.05, 0.1) is 25.5 Å². The fraction of sp³-hybridized carbons (Fsp3) is 0.320. The summed E-state index contributed by atoms with van der Waals surface area (Å²) in [6.07, 6.45) is -4.60. The van der Waals surface area contributed by atoms with Crippen LogP contribution in [0.5, 0.6) is 11.5 Å². The molecule has 35 heavy (non-hydrogen) atoms.